The van der Waals surface area contributed by atoms with E-state index in [-0.39, 0.29) is 6.61 Å². The zero-order valence-corrected chi connectivity index (χ0v) is 22.5. The van der Waals surface area contributed by atoms with Crippen LogP contribution in [0.25, 0.3) is 0 Å². The van der Waals surface area contributed by atoms with Crippen LogP contribution in [0.5, 0.6) is 0 Å². The van der Waals surface area contributed by atoms with E-state index < -0.39 is 54.6 Å². The van der Waals surface area contributed by atoms with E-state index in [0.717, 1.165) is 19.3 Å². The number of hydrogen-bond acceptors (Lipinski definition) is 10. The lowest BCUT2D eigenvalue weighted by molar-refractivity contribution is -0.308. The molecule has 1 fully saturated rings. The van der Waals surface area contributed by atoms with Gasteiger partial charge in [-0.15, -0.1) is 0 Å². The molecule has 0 aromatic rings. The summed E-state index contributed by atoms with van der Waals surface area (Å²) in [5.74, 6) is -2.54. The molecule has 10 nitrogen and oxygen atoms in total. The van der Waals surface area contributed by atoms with Crippen molar-refractivity contribution < 1.29 is 47.6 Å². The lowest BCUT2D eigenvalue weighted by atomic mass is 9.98. The van der Waals surface area contributed by atoms with Crippen LogP contribution in [0.1, 0.15) is 98.8 Å². The number of ether oxygens (including phenoxy) is 6. The smallest absolute Gasteiger partial charge is 0.303 e. The van der Waals surface area contributed by atoms with Crippen molar-refractivity contribution in [2.45, 2.75) is 130 Å². The van der Waals surface area contributed by atoms with Gasteiger partial charge in [-0.2, -0.15) is 0 Å². The fourth-order valence-electron chi connectivity index (χ4n) is 4.11. The molecule has 36 heavy (non-hydrogen) atoms. The molecule has 0 aromatic heterocycles. The molecule has 1 aliphatic rings. The van der Waals surface area contributed by atoms with Gasteiger partial charge < -0.3 is 28.4 Å². The van der Waals surface area contributed by atoms with Gasteiger partial charge in [0.25, 0.3) is 0 Å². The topological polar surface area (TPSA) is 124 Å². The summed E-state index contributed by atoms with van der Waals surface area (Å²) in [6, 6.07) is 0. The fourth-order valence-corrected chi connectivity index (χ4v) is 4.11. The SMILES string of the molecule is CCCCCCCCCCCCO[C@H]1O[C@H](COC(C)=O)[C@H](OC(C)=O)[C@H](OC(C)=O)[C@H]1OC(C)=O. The third kappa shape index (κ3) is 13.2. The molecule has 5 atom stereocenters. The minimum Gasteiger partial charge on any atom is -0.463 e. The van der Waals surface area contributed by atoms with E-state index >= 15 is 0 Å². The summed E-state index contributed by atoms with van der Waals surface area (Å²) in [6.45, 7) is 7.07. The van der Waals surface area contributed by atoms with Gasteiger partial charge >= 0.3 is 23.9 Å². The maximum atomic E-state index is 11.8. The van der Waals surface area contributed by atoms with Crippen LogP contribution in [0, 0.1) is 0 Å². The Bertz CT molecular complexity index is 680. The molecule has 0 unspecified atom stereocenters. The summed E-state index contributed by atoms with van der Waals surface area (Å²) in [5, 5.41) is 0. The zero-order chi connectivity index (χ0) is 26.9. The zero-order valence-electron chi connectivity index (χ0n) is 22.5. The van der Waals surface area contributed by atoms with E-state index in [1.807, 2.05) is 0 Å². The third-order valence-electron chi connectivity index (χ3n) is 5.73. The van der Waals surface area contributed by atoms with Gasteiger partial charge in [-0.3, -0.25) is 19.2 Å². The quantitative estimate of drug-likeness (QED) is 0.159. The van der Waals surface area contributed by atoms with Gasteiger partial charge in [0.05, 0.1) is 0 Å². The lowest BCUT2D eigenvalue weighted by Gasteiger charge is -2.44. The van der Waals surface area contributed by atoms with E-state index in [2.05, 4.69) is 6.92 Å². The van der Waals surface area contributed by atoms with Gasteiger partial charge in [0.15, 0.2) is 24.6 Å². The third-order valence-corrected chi connectivity index (χ3v) is 5.73. The van der Waals surface area contributed by atoms with Crippen molar-refractivity contribution >= 4 is 23.9 Å². The van der Waals surface area contributed by atoms with Gasteiger partial charge in [-0.25, -0.2) is 0 Å². The summed E-state index contributed by atoms with van der Waals surface area (Å²) in [5.41, 5.74) is 0. The summed E-state index contributed by atoms with van der Waals surface area (Å²) in [6.07, 6.45) is 5.99. The minimum atomic E-state index is -1.21. The van der Waals surface area contributed by atoms with Crippen molar-refractivity contribution in [2.75, 3.05) is 13.2 Å². The molecule has 208 valence electrons. The van der Waals surface area contributed by atoms with Crippen LogP contribution >= 0.6 is 0 Å². The predicted molar refractivity (Wildman–Crippen MR) is 130 cm³/mol. The molecule has 1 saturated heterocycles. The molecule has 1 heterocycles. The Morgan fingerprint density at radius 1 is 0.611 bits per heavy atom. The highest BCUT2D eigenvalue weighted by Crippen LogP contribution is 2.30. The van der Waals surface area contributed by atoms with Gasteiger partial charge in [0.1, 0.15) is 12.7 Å². The molecular weight excluding hydrogens is 472 g/mol. The van der Waals surface area contributed by atoms with Gasteiger partial charge in [-0.1, -0.05) is 64.7 Å². The van der Waals surface area contributed by atoms with Crippen LogP contribution in [-0.2, 0) is 47.6 Å². The number of rotatable bonds is 17. The van der Waals surface area contributed by atoms with E-state index in [1.54, 1.807) is 0 Å². The maximum Gasteiger partial charge on any atom is 0.303 e. The number of carbonyl (C=O) groups excluding carboxylic acids is 4. The van der Waals surface area contributed by atoms with Crippen molar-refractivity contribution in [3.63, 3.8) is 0 Å². The molecule has 0 aromatic carbocycles. The molecule has 0 saturated carbocycles. The normalized spacial score (nSPS) is 23.5. The molecular formula is C26H44O10. The average molecular weight is 517 g/mol. The summed E-state index contributed by atoms with van der Waals surface area (Å²) < 4.78 is 33.0. The highest BCUT2D eigenvalue weighted by atomic mass is 16.7. The molecule has 0 bridgehead atoms. The Hall–Kier alpha value is -2.20. The Morgan fingerprint density at radius 3 is 1.58 bits per heavy atom. The molecule has 0 spiro atoms. The monoisotopic (exact) mass is 516 g/mol. The molecule has 0 radical (unpaired) electrons. The second-order valence-electron chi connectivity index (χ2n) is 9.12. The van der Waals surface area contributed by atoms with E-state index in [4.69, 9.17) is 28.4 Å². The predicted octanol–water partition coefficient (Wildman–Crippen LogP) is 4.01. The molecule has 0 N–H and O–H groups in total. The van der Waals surface area contributed by atoms with Crippen LogP contribution in [0.15, 0.2) is 0 Å². The first-order valence-corrected chi connectivity index (χ1v) is 13.1. The van der Waals surface area contributed by atoms with Crippen molar-refractivity contribution in [1.82, 2.24) is 0 Å². The largest absolute Gasteiger partial charge is 0.463 e. The second-order valence-corrected chi connectivity index (χ2v) is 9.12. The van der Waals surface area contributed by atoms with Crippen molar-refractivity contribution in [1.29, 1.82) is 0 Å². The first-order valence-electron chi connectivity index (χ1n) is 13.1. The molecule has 1 rings (SSSR count). The first-order chi connectivity index (χ1) is 17.1. The lowest BCUT2D eigenvalue weighted by Crippen LogP contribution is -2.63. The number of esters is 4. The summed E-state index contributed by atoms with van der Waals surface area (Å²) in [4.78, 5) is 46.8. The Kier molecular flexibility index (Phi) is 16.0. The van der Waals surface area contributed by atoms with Gasteiger partial charge in [-0.05, 0) is 6.42 Å². The highest BCUT2D eigenvalue weighted by Gasteiger charge is 2.52. The number of hydrogen-bond donors (Lipinski definition) is 0. The summed E-state index contributed by atoms with van der Waals surface area (Å²) in [7, 11) is 0. The summed E-state index contributed by atoms with van der Waals surface area (Å²) >= 11 is 0. The van der Waals surface area contributed by atoms with Crippen LogP contribution in [-0.4, -0.2) is 67.8 Å². The Labute approximate surface area is 214 Å². The number of carbonyl (C=O) groups is 4. The van der Waals surface area contributed by atoms with Crippen LogP contribution in [0.3, 0.4) is 0 Å². The van der Waals surface area contributed by atoms with Crippen molar-refractivity contribution in [2.24, 2.45) is 0 Å². The molecule has 0 amide bonds. The van der Waals surface area contributed by atoms with Crippen LogP contribution in [0.4, 0.5) is 0 Å². The van der Waals surface area contributed by atoms with E-state index in [9.17, 15) is 19.2 Å². The Balaban J connectivity index is 2.77. The van der Waals surface area contributed by atoms with Gasteiger partial charge in [0, 0.05) is 34.3 Å². The van der Waals surface area contributed by atoms with Crippen LogP contribution in [0.2, 0.25) is 0 Å². The fraction of sp³-hybridized carbons (Fsp3) is 0.846. The maximum absolute atomic E-state index is 11.8. The van der Waals surface area contributed by atoms with Crippen molar-refractivity contribution in [3.8, 4) is 0 Å². The van der Waals surface area contributed by atoms with Crippen molar-refractivity contribution in [3.05, 3.63) is 0 Å². The molecule has 1 aliphatic heterocycles. The second kappa shape index (κ2) is 18.1. The number of unbranched alkanes of at least 4 members (excludes halogenated alkanes) is 9. The van der Waals surface area contributed by atoms with E-state index in [1.165, 1.54) is 72.6 Å². The minimum absolute atomic E-state index is 0.268. The van der Waals surface area contributed by atoms with E-state index in [0.29, 0.717) is 6.61 Å². The van der Waals surface area contributed by atoms with Gasteiger partial charge in [0.2, 0.25) is 0 Å². The molecule has 0 aliphatic carbocycles. The Morgan fingerprint density at radius 2 is 1.08 bits per heavy atom. The first kappa shape index (κ1) is 31.8. The highest BCUT2D eigenvalue weighted by molar-refractivity contribution is 5.68. The average Bonchev–Trinajstić information content (AvgIpc) is 2.78. The standard InChI is InChI=1S/C26H44O10/c1-6-7-8-9-10-11-12-13-14-15-16-31-26-25(35-21(5)30)24(34-20(4)29)23(33-19(3)28)22(36-26)17-32-18(2)27/h22-26H,6-17H2,1-5H3/t22-,23+,24+,25-,26+/m1/s1. The molecule has 10 heteroatoms. The van der Waals surface area contributed by atoms with Crippen LogP contribution < -0.4 is 0 Å².